The van der Waals surface area contributed by atoms with Gasteiger partial charge in [-0.05, 0) is 18.6 Å². The van der Waals surface area contributed by atoms with Crippen molar-refractivity contribution in [2.75, 3.05) is 18.1 Å². The molecule has 0 aromatic carbocycles. The van der Waals surface area contributed by atoms with Crippen LogP contribution in [-0.2, 0) is 4.79 Å². The predicted molar refractivity (Wildman–Crippen MR) is 59.3 cm³/mol. The summed E-state index contributed by atoms with van der Waals surface area (Å²) in [5, 5.41) is 3.30. The number of nitrogens with zero attached hydrogens (tertiary/aromatic N) is 1. The number of rotatable bonds is 3. The molecule has 0 bridgehead atoms. The maximum absolute atomic E-state index is 11.7. The van der Waals surface area contributed by atoms with Crippen molar-refractivity contribution >= 4 is 17.7 Å². The van der Waals surface area contributed by atoms with E-state index in [0.29, 0.717) is 24.7 Å². The average molecular weight is 214 g/mol. The van der Waals surface area contributed by atoms with Gasteiger partial charge in [0.05, 0.1) is 12.7 Å². The molecule has 2 aliphatic heterocycles. The summed E-state index contributed by atoms with van der Waals surface area (Å²) >= 11 is 1.97. The van der Waals surface area contributed by atoms with Crippen LogP contribution in [-0.4, -0.2) is 41.1 Å². The first kappa shape index (κ1) is 10.3. The Morgan fingerprint density at radius 2 is 2.50 bits per heavy atom. The van der Waals surface area contributed by atoms with E-state index < -0.39 is 0 Å². The van der Waals surface area contributed by atoms with Gasteiger partial charge < -0.3 is 4.90 Å². The van der Waals surface area contributed by atoms with Crippen LogP contribution in [0.15, 0.2) is 0 Å². The molecule has 1 amide bonds. The third-order valence-corrected chi connectivity index (χ3v) is 4.12. The first-order valence-corrected chi connectivity index (χ1v) is 6.60. The summed E-state index contributed by atoms with van der Waals surface area (Å²) in [6.45, 7) is 2.72. The standard InChI is InChI=1S/C10H18N2OS/c1-2-3-9-11-6-10(13)12(9)8-4-5-14-7-8/h8-9,11H,2-7H2,1H3. The van der Waals surface area contributed by atoms with Crippen molar-refractivity contribution in [2.24, 2.45) is 0 Å². The molecule has 14 heavy (non-hydrogen) atoms. The van der Waals surface area contributed by atoms with Gasteiger partial charge in [-0.1, -0.05) is 13.3 Å². The van der Waals surface area contributed by atoms with E-state index in [0.717, 1.165) is 18.6 Å². The minimum atomic E-state index is 0.302. The lowest BCUT2D eigenvalue weighted by molar-refractivity contribution is -0.129. The lowest BCUT2D eigenvalue weighted by Gasteiger charge is -2.29. The molecule has 0 spiro atoms. The van der Waals surface area contributed by atoms with Crippen LogP contribution in [0.4, 0.5) is 0 Å². The van der Waals surface area contributed by atoms with Crippen LogP contribution in [0.1, 0.15) is 26.2 Å². The van der Waals surface area contributed by atoms with E-state index in [1.807, 2.05) is 11.8 Å². The predicted octanol–water partition coefficient (Wildman–Crippen LogP) is 1.05. The van der Waals surface area contributed by atoms with Gasteiger partial charge >= 0.3 is 0 Å². The molecule has 2 heterocycles. The van der Waals surface area contributed by atoms with Gasteiger partial charge in [-0.15, -0.1) is 0 Å². The molecular formula is C10H18N2OS. The molecule has 0 saturated carbocycles. The second-order valence-corrected chi connectivity index (χ2v) is 5.15. The number of hydrogen-bond acceptors (Lipinski definition) is 3. The van der Waals surface area contributed by atoms with Crippen LogP contribution >= 0.6 is 11.8 Å². The maximum Gasteiger partial charge on any atom is 0.238 e. The van der Waals surface area contributed by atoms with Crippen LogP contribution < -0.4 is 5.32 Å². The SMILES string of the molecule is CCCC1NCC(=O)N1C1CCSC1. The largest absolute Gasteiger partial charge is 0.322 e. The fraction of sp³-hybridized carbons (Fsp3) is 0.900. The number of carbonyl (C=O) groups excluding carboxylic acids is 1. The van der Waals surface area contributed by atoms with E-state index in [1.54, 1.807) is 0 Å². The molecule has 2 fully saturated rings. The zero-order valence-electron chi connectivity index (χ0n) is 8.66. The number of amides is 1. The van der Waals surface area contributed by atoms with Crippen LogP contribution in [0.5, 0.6) is 0 Å². The highest BCUT2D eigenvalue weighted by Gasteiger charge is 2.36. The Kier molecular flexibility index (Phi) is 3.34. The first-order valence-electron chi connectivity index (χ1n) is 5.45. The number of carbonyl (C=O) groups is 1. The molecule has 2 rings (SSSR count). The monoisotopic (exact) mass is 214 g/mol. The molecule has 2 unspecified atom stereocenters. The normalized spacial score (nSPS) is 32.9. The van der Waals surface area contributed by atoms with Crippen molar-refractivity contribution in [2.45, 2.75) is 38.4 Å². The second-order valence-electron chi connectivity index (χ2n) is 4.00. The quantitative estimate of drug-likeness (QED) is 0.762. The number of nitrogens with one attached hydrogen (secondary N) is 1. The van der Waals surface area contributed by atoms with Gasteiger partial charge in [0.2, 0.25) is 5.91 Å². The third-order valence-electron chi connectivity index (χ3n) is 2.97. The summed E-state index contributed by atoms with van der Waals surface area (Å²) in [4.78, 5) is 13.8. The van der Waals surface area contributed by atoms with Crippen molar-refractivity contribution in [3.63, 3.8) is 0 Å². The molecule has 3 nitrogen and oxygen atoms in total. The Hall–Kier alpha value is -0.220. The summed E-state index contributed by atoms with van der Waals surface area (Å²) in [7, 11) is 0. The molecular weight excluding hydrogens is 196 g/mol. The van der Waals surface area contributed by atoms with Crippen LogP contribution in [0, 0.1) is 0 Å². The number of thioether (sulfide) groups is 1. The van der Waals surface area contributed by atoms with Crippen molar-refractivity contribution in [3.8, 4) is 0 Å². The second kappa shape index (κ2) is 4.53. The summed E-state index contributed by atoms with van der Waals surface area (Å²) in [6.07, 6.45) is 3.73. The molecule has 80 valence electrons. The van der Waals surface area contributed by atoms with Crippen molar-refractivity contribution in [1.82, 2.24) is 10.2 Å². The zero-order chi connectivity index (χ0) is 9.97. The molecule has 0 aromatic heterocycles. The summed E-state index contributed by atoms with van der Waals surface area (Å²) in [5.41, 5.74) is 0. The van der Waals surface area contributed by atoms with Crippen LogP contribution in [0.25, 0.3) is 0 Å². The fourth-order valence-corrected chi connectivity index (χ4v) is 3.49. The summed E-state index contributed by atoms with van der Waals surface area (Å²) < 4.78 is 0. The Morgan fingerprint density at radius 1 is 1.64 bits per heavy atom. The van der Waals surface area contributed by atoms with Crippen molar-refractivity contribution in [3.05, 3.63) is 0 Å². The highest BCUT2D eigenvalue weighted by Crippen LogP contribution is 2.26. The molecule has 2 aliphatic rings. The van der Waals surface area contributed by atoms with Gasteiger partial charge in [-0.2, -0.15) is 11.8 Å². The topological polar surface area (TPSA) is 32.3 Å². The lowest BCUT2D eigenvalue weighted by atomic mass is 10.2. The molecule has 2 atom stereocenters. The molecule has 4 heteroatoms. The minimum Gasteiger partial charge on any atom is -0.322 e. The van der Waals surface area contributed by atoms with Crippen LogP contribution in [0.3, 0.4) is 0 Å². The van der Waals surface area contributed by atoms with E-state index in [4.69, 9.17) is 0 Å². The zero-order valence-corrected chi connectivity index (χ0v) is 9.48. The van der Waals surface area contributed by atoms with E-state index >= 15 is 0 Å². The highest BCUT2D eigenvalue weighted by molar-refractivity contribution is 7.99. The van der Waals surface area contributed by atoms with Gasteiger partial charge in [-0.3, -0.25) is 10.1 Å². The smallest absolute Gasteiger partial charge is 0.238 e. The molecule has 0 aromatic rings. The van der Waals surface area contributed by atoms with Gasteiger partial charge in [0.25, 0.3) is 0 Å². The van der Waals surface area contributed by atoms with Gasteiger partial charge in [0.15, 0.2) is 0 Å². The minimum absolute atomic E-state index is 0.302. The van der Waals surface area contributed by atoms with E-state index in [9.17, 15) is 4.79 Å². The molecule has 0 radical (unpaired) electrons. The molecule has 0 aliphatic carbocycles. The van der Waals surface area contributed by atoms with E-state index in [2.05, 4.69) is 17.1 Å². The van der Waals surface area contributed by atoms with Crippen molar-refractivity contribution < 1.29 is 4.79 Å². The van der Waals surface area contributed by atoms with Gasteiger partial charge in [0.1, 0.15) is 0 Å². The average Bonchev–Trinajstić information content (AvgIpc) is 2.76. The highest BCUT2D eigenvalue weighted by atomic mass is 32.2. The molecule has 1 N–H and O–H groups in total. The Balaban J connectivity index is 2.00. The van der Waals surface area contributed by atoms with Crippen LogP contribution in [0.2, 0.25) is 0 Å². The first-order chi connectivity index (χ1) is 6.83. The maximum atomic E-state index is 11.7. The van der Waals surface area contributed by atoms with Crippen molar-refractivity contribution in [1.29, 1.82) is 0 Å². The van der Waals surface area contributed by atoms with Gasteiger partial charge in [0, 0.05) is 11.8 Å². The summed E-state index contributed by atoms with van der Waals surface area (Å²) in [6, 6.07) is 0.499. The fourth-order valence-electron chi connectivity index (χ4n) is 2.28. The third kappa shape index (κ3) is 1.91. The Bertz CT molecular complexity index is 216. The Morgan fingerprint density at radius 3 is 3.14 bits per heavy atom. The number of hydrogen-bond donors (Lipinski definition) is 1. The Labute approximate surface area is 89.6 Å². The van der Waals surface area contributed by atoms with E-state index in [1.165, 1.54) is 12.2 Å². The molecule has 2 saturated heterocycles. The van der Waals surface area contributed by atoms with E-state index in [-0.39, 0.29) is 0 Å². The summed E-state index contributed by atoms with van der Waals surface area (Å²) in [5.74, 6) is 2.65. The lowest BCUT2D eigenvalue weighted by Crippen LogP contribution is -2.44. The van der Waals surface area contributed by atoms with Gasteiger partial charge in [-0.25, -0.2) is 0 Å².